The van der Waals surface area contributed by atoms with Gasteiger partial charge in [0.2, 0.25) is 0 Å². The van der Waals surface area contributed by atoms with E-state index in [0.29, 0.717) is 18.8 Å². The third-order valence-electron chi connectivity index (χ3n) is 2.35. The van der Waals surface area contributed by atoms with Gasteiger partial charge in [0.1, 0.15) is 5.82 Å². The Morgan fingerprint density at radius 2 is 1.89 bits per heavy atom. The lowest BCUT2D eigenvalue weighted by Gasteiger charge is -2.03. The highest BCUT2D eigenvalue weighted by molar-refractivity contribution is 9.10. The summed E-state index contributed by atoms with van der Waals surface area (Å²) >= 11 is 3.39. The molecule has 1 aromatic heterocycles. The molecule has 18 heavy (non-hydrogen) atoms. The lowest BCUT2D eigenvalue weighted by atomic mass is 10.1. The highest BCUT2D eigenvalue weighted by atomic mass is 79.9. The summed E-state index contributed by atoms with van der Waals surface area (Å²) in [6, 6.07) is 13.7. The van der Waals surface area contributed by atoms with Crippen molar-refractivity contribution in [2.75, 3.05) is 11.9 Å². The first-order valence-corrected chi connectivity index (χ1v) is 6.29. The van der Waals surface area contributed by atoms with E-state index in [9.17, 15) is 0 Å². The van der Waals surface area contributed by atoms with Crippen molar-refractivity contribution in [3.8, 4) is 17.3 Å². The number of halogens is 1. The van der Waals surface area contributed by atoms with Crippen molar-refractivity contribution in [1.82, 2.24) is 10.2 Å². The molecule has 0 atom stereocenters. The van der Waals surface area contributed by atoms with Crippen LogP contribution in [0.4, 0.5) is 5.82 Å². The van der Waals surface area contributed by atoms with Crippen molar-refractivity contribution < 1.29 is 0 Å². The molecule has 0 aliphatic heterocycles. The van der Waals surface area contributed by atoms with Gasteiger partial charge in [-0.3, -0.25) is 0 Å². The molecule has 1 N–H and O–H groups in total. The maximum absolute atomic E-state index is 8.43. The summed E-state index contributed by atoms with van der Waals surface area (Å²) in [6.07, 6.45) is 0.455. The first kappa shape index (κ1) is 12.5. The van der Waals surface area contributed by atoms with Crippen molar-refractivity contribution >= 4 is 21.7 Å². The van der Waals surface area contributed by atoms with Crippen LogP contribution in [0.15, 0.2) is 40.9 Å². The molecule has 1 heterocycles. The van der Waals surface area contributed by atoms with Crippen molar-refractivity contribution in [1.29, 1.82) is 5.26 Å². The largest absolute Gasteiger partial charge is 0.368 e. The van der Waals surface area contributed by atoms with Gasteiger partial charge in [-0.2, -0.15) is 5.26 Å². The number of nitriles is 1. The second-order valence-corrected chi connectivity index (χ2v) is 4.56. The summed E-state index contributed by atoms with van der Waals surface area (Å²) in [6.45, 7) is 0.586. The number of nitrogens with zero attached hydrogens (tertiary/aromatic N) is 3. The minimum atomic E-state index is 0.455. The van der Waals surface area contributed by atoms with Crippen LogP contribution in [0, 0.1) is 11.3 Å². The normalized spacial score (nSPS) is 9.78. The molecule has 0 saturated carbocycles. The van der Waals surface area contributed by atoms with E-state index in [0.717, 1.165) is 15.7 Å². The van der Waals surface area contributed by atoms with Gasteiger partial charge in [0.05, 0.1) is 18.2 Å². The highest BCUT2D eigenvalue weighted by Gasteiger charge is 2.00. The molecule has 0 saturated heterocycles. The Kier molecular flexibility index (Phi) is 4.26. The van der Waals surface area contributed by atoms with Gasteiger partial charge in [-0.1, -0.05) is 28.1 Å². The van der Waals surface area contributed by atoms with Gasteiger partial charge >= 0.3 is 0 Å². The fourth-order valence-electron chi connectivity index (χ4n) is 1.45. The van der Waals surface area contributed by atoms with E-state index in [4.69, 9.17) is 5.26 Å². The highest BCUT2D eigenvalue weighted by Crippen LogP contribution is 2.19. The number of benzene rings is 1. The molecule has 5 heteroatoms. The monoisotopic (exact) mass is 302 g/mol. The van der Waals surface area contributed by atoms with Crippen LogP contribution in [-0.4, -0.2) is 16.7 Å². The van der Waals surface area contributed by atoms with E-state index >= 15 is 0 Å². The summed E-state index contributed by atoms with van der Waals surface area (Å²) in [5.74, 6) is 0.686. The van der Waals surface area contributed by atoms with Gasteiger partial charge in [-0.25, -0.2) is 0 Å². The minimum Gasteiger partial charge on any atom is -0.368 e. The van der Waals surface area contributed by atoms with Crippen LogP contribution < -0.4 is 5.32 Å². The van der Waals surface area contributed by atoms with E-state index in [1.165, 1.54) is 0 Å². The van der Waals surface area contributed by atoms with Gasteiger partial charge in [0.25, 0.3) is 0 Å². The molecule has 2 aromatic rings. The Morgan fingerprint density at radius 1 is 1.11 bits per heavy atom. The number of aromatic nitrogens is 2. The standard InChI is InChI=1S/C13H11BrN4/c14-11-4-2-10(3-5-11)12-6-7-13(18-17-12)16-9-1-8-15/h2-7H,1,9H2,(H,16,18). The Morgan fingerprint density at radius 3 is 2.50 bits per heavy atom. The first-order valence-electron chi connectivity index (χ1n) is 5.50. The van der Waals surface area contributed by atoms with E-state index < -0.39 is 0 Å². The molecular formula is C13H11BrN4. The van der Waals surface area contributed by atoms with Crippen molar-refractivity contribution in [3.05, 3.63) is 40.9 Å². The van der Waals surface area contributed by atoms with Crippen LogP contribution in [0.1, 0.15) is 6.42 Å². The van der Waals surface area contributed by atoms with Gasteiger partial charge in [-0.05, 0) is 24.3 Å². The minimum absolute atomic E-state index is 0.455. The summed E-state index contributed by atoms with van der Waals surface area (Å²) < 4.78 is 1.04. The predicted molar refractivity (Wildman–Crippen MR) is 73.9 cm³/mol. The second-order valence-electron chi connectivity index (χ2n) is 3.65. The number of nitrogens with one attached hydrogen (secondary N) is 1. The Labute approximate surface area is 114 Å². The lowest BCUT2D eigenvalue weighted by Crippen LogP contribution is -2.03. The van der Waals surface area contributed by atoms with E-state index in [1.807, 2.05) is 36.4 Å². The smallest absolute Gasteiger partial charge is 0.148 e. The fraction of sp³-hybridized carbons (Fsp3) is 0.154. The quantitative estimate of drug-likeness (QED) is 0.881. The number of anilines is 1. The maximum Gasteiger partial charge on any atom is 0.148 e. The maximum atomic E-state index is 8.43. The van der Waals surface area contributed by atoms with Gasteiger partial charge in [0, 0.05) is 16.6 Å². The fourth-order valence-corrected chi connectivity index (χ4v) is 1.71. The summed E-state index contributed by atoms with van der Waals surface area (Å²) in [5.41, 5.74) is 1.85. The topological polar surface area (TPSA) is 61.6 Å². The molecule has 1 aromatic carbocycles. The van der Waals surface area contributed by atoms with Gasteiger partial charge in [-0.15, -0.1) is 10.2 Å². The van der Waals surface area contributed by atoms with Crippen LogP contribution in [0.25, 0.3) is 11.3 Å². The van der Waals surface area contributed by atoms with Crippen molar-refractivity contribution in [2.45, 2.75) is 6.42 Å². The molecule has 0 fully saturated rings. The van der Waals surface area contributed by atoms with E-state index in [1.54, 1.807) is 0 Å². The molecule has 0 spiro atoms. The molecule has 0 radical (unpaired) electrons. The van der Waals surface area contributed by atoms with Crippen LogP contribution in [0.2, 0.25) is 0 Å². The molecule has 0 unspecified atom stereocenters. The van der Waals surface area contributed by atoms with Crippen LogP contribution in [-0.2, 0) is 0 Å². The zero-order chi connectivity index (χ0) is 12.8. The molecule has 4 nitrogen and oxygen atoms in total. The molecule has 2 rings (SSSR count). The molecule has 0 bridgehead atoms. The third-order valence-corrected chi connectivity index (χ3v) is 2.88. The third kappa shape index (κ3) is 3.28. The lowest BCUT2D eigenvalue weighted by molar-refractivity contribution is 0.992. The summed E-state index contributed by atoms with van der Waals surface area (Å²) in [4.78, 5) is 0. The SMILES string of the molecule is N#CCCNc1ccc(-c2ccc(Br)cc2)nn1. The van der Waals surface area contributed by atoms with Crippen molar-refractivity contribution in [3.63, 3.8) is 0 Å². The Hall–Kier alpha value is -1.93. The number of rotatable bonds is 4. The predicted octanol–water partition coefficient (Wildman–Crippen LogP) is 3.23. The van der Waals surface area contributed by atoms with Gasteiger partial charge < -0.3 is 5.32 Å². The second kappa shape index (κ2) is 6.12. The summed E-state index contributed by atoms with van der Waals surface area (Å²) in [5, 5.41) is 19.7. The average molecular weight is 303 g/mol. The van der Waals surface area contributed by atoms with E-state index in [-0.39, 0.29) is 0 Å². The van der Waals surface area contributed by atoms with Crippen LogP contribution >= 0.6 is 15.9 Å². The summed E-state index contributed by atoms with van der Waals surface area (Å²) in [7, 11) is 0. The van der Waals surface area contributed by atoms with Crippen LogP contribution in [0.3, 0.4) is 0 Å². The molecule has 0 aliphatic rings. The van der Waals surface area contributed by atoms with Gasteiger partial charge in [0.15, 0.2) is 0 Å². The number of hydrogen-bond acceptors (Lipinski definition) is 4. The zero-order valence-electron chi connectivity index (χ0n) is 9.60. The first-order chi connectivity index (χ1) is 8.79. The average Bonchev–Trinajstić information content (AvgIpc) is 2.41. The Bertz CT molecular complexity index is 543. The zero-order valence-corrected chi connectivity index (χ0v) is 11.2. The van der Waals surface area contributed by atoms with E-state index in [2.05, 4.69) is 37.5 Å². The van der Waals surface area contributed by atoms with Crippen LogP contribution in [0.5, 0.6) is 0 Å². The molecule has 0 amide bonds. The van der Waals surface area contributed by atoms with Crippen molar-refractivity contribution in [2.24, 2.45) is 0 Å². The molecular weight excluding hydrogens is 292 g/mol. The Balaban J connectivity index is 2.08. The molecule has 0 aliphatic carbocycles. The number of hydrogen-bond donors (Lipinski definition) is 1. The molecule has 90 valence electrons.